The molecule has 0 bridgehead atoms. The van der Waals surface area contributed by atoms with Gasteiger partial charge in [0.15, 0.2) is 0 Å². The molecule has 0 saturated carbocycles. The molecule has 3 rings (SSSR count). The number of hydrogen-bond acceptors (Lipinski definition) is 4. The van der Waals surface area contributed by atoms with Gasteiger partial charge in [-0.3, -0.25) is 0 Å². The molecule has 0 aliphatic carbocycles. The summed E-state index contributed by atoms with van der Waals surface area (Å²) >= 11 is 0. The molecule has 0 atom stereocenters. The fourth-order valence-corrected chi connectivity index (χ4v) is 3.27. The third kappa shape index (κ3) is 2.55. The topological polar surface area (TPSA) is 86.9 Å². The van der Waals surface area contributed by atoms with Crippen LogP contribution in [0.1, 0.15) is 0 Å². The van der Waals surface area contributed by atoms with Crippen molar-refractivity contribution in [2.45, 2.75) is 4.90 Å². The van der Waals surface area contributed by atoms with Gasteiger partial charge in [-0.25, -0.2) is 18.1 Å². The van der Waals surface area contributed by atoms with Crippen LogP contribution in [0.4, 0.5) is 11.6 Å². The number of imidazole rings is 1. The van der Waals surface area contributed by atoms with Crippen LogP contribution in [0.25, 0.3) is 11.0 Å². The van der Waals surface area contributed by atoms with Crippen molar-refractivity contribution in [2.75, 3.05) is 17.1 Å². The smallest absolute Gasteiger partial charge is 0.266 e. The van der Waals surface area contributed by atoms with Crippen LogP contribution in [0.3, 0.4) is 0 Å². The standard InChI is InChI=1S/C14H14N4O2S/c1-15-12-8-4-5-9-13(12)21(19,20)18-14-16-10-6-2-3-7-11(10)17-14/h2-9,15H,1H3,(H2,16,17,18). The van der Waals surface area contributed by atoms with E-state index in [-0.39, 0.29) is 10.8 Å². The molecule has 0 fully saturated rings. The Bertz CT molecular complexity index is 854. The number of nitrogens with one attached hydrogen (secondary N) is 3. The minimum Gasteiger partial charge on any atom is -0.387 e. The van der Waals surface area contributed by atoms with Gasteiger partial charge in [0.25, 0.3) is 10.0 Å². The molecular formula is C14H14N4O2S. The average molecular weight is 302 g/mol. The molecule has 0 saturated heterocycles. The zero-order valence-corrected chi connectivity index (χ0v) is 12.1. The minimum absolute atomic E-state index is 0.174. The van der Waals surface area contributed by atoms with Gasteiger partial charge in [0.1, 0.15) is 4.90 Å². The maximum atomic E-state index is 12.4. The van der Waals surface area contributed by atoms with Crippen molar-refractivity contribution in [3.8, 4) is 0 Å². The summed E-state index contributed by atoms with van der Waals surface area (Å²) in [5, 5.41) is 2.86. The molecule has 0 amide bonds. The molecule has 0 aliphatic rings. The van der Waals surface area contributed by atoms with Crippen LogP contribution < -0.4 is 10.0 Å². The van der Waals surface area contributed by atoms with Gasteiger partial charge in [0.2, 0.25) is 5.95 Å². The first-order valence-electron chi connectivity index (χ1n) is 6.34. The van der Waals surface area contributed by atoms with Gasteiger partial charge in [0, 0.05) is 7.05 Å². The van der Waals surface area contributed by atoms with Gasteiger partial charge in [-0.1, -0.05) is 24.3 Å². The van der Waals surface area contributed by atoms with Crippen LogP contribution in [0.15, 0.2) is 53.4 Å². The number of fused-ring (bicyclic) bond motifs is 1. The van der Waals surface area contributed by atoms with Crippen molar-refractivity contribution in [3.05, 3.63) is 48.5 Å². The summed E-state index contributed by atoms with van der Waals surface area (Å²) in [6.07, 6.45) is 0. The maximum Gasteiger partial charge on any atom is 0.266 e. The van der Waals surface area contributed by atoms with Crippen LogP contribution in [-0.4, -0.2) is 25.4 Å². The molecule has 21 heavy (non-hydrogen) atoms. The Morgan fingerprint density at radius 2 is 1.76 bits per heavy atom. The fraction of sp³-hybridized carbons (Fsp3) is 0.0714. The van der Waals surface area contributed by atoms with E-state index in [0.29, 0.717) is 11.2 Å². The number of aromatic amines is 1. The largest absolute Gasteiger partial charge is 0.387 e. The lowest BCUT2D eigenvalue weighted by Gasteiger charge is -2.10. The van der Waals surface area contributed by atoms with E-state index in [4.69, 9.17) is 0 Å². The Kier molecular flexibility index (Phi) is 3.26. The first-order valence-corrected chi connectivity index (χ1v) is 7.83. The Morgan fingerprint density at radius 3 is 2.52 bits per heavy atom. The van der Waals surface area contributed by atoms with E-state index < -0.39 is 10.0 Å². The number of benzene rings is 2. The molecule has 1 heterocycles. The first kappa shape index (κ1) is 13.4. The normalized spacial score (nSPS) is 11.5. The summed E-state index contributed by atoms with van der Waals surface area (Å²) in [7, 11) is -2.03. The third-order valence-corrected chi connectivity index (χ3v) is 4.46. The van der Waals surface area contributed by atoms with E-state index in [1.165, 1.54) is 6.07 Å². The van der Waals surface area contributed by atoms with E-state index in [2.05, 4.69) is 20.0 Å². The number of sulfonamides is 1. The highest BCUT2D eigenvalue weighted by atomic mass is 32.2. The summed E-state index contributed by atoms with van der Waals surface area (Å²) in [6, 6.07) is 14.0. The average Bonchev–Trinajstić information content (AvgIpc) is 2.88. The Hall–Kier alpha value is -2.54. The van der Waals surface area contributed by atoms with Crippen LogP contribution in [0.5, 0.6) is 0 Å². The third-order valence-electron chi connectivity index (χ3n) is 3.07. The van der Waals surface area contributed by atoms with Gasteiger partial charge in [0.05, 0.1) is 16.7 Å². The molecular weight excluding hydrogens is 288 g/mol. The Morgan fingerprint density at radius 1 is 1.05 bits per heavy atom. The van der Waals surface area contributed by atoms with E-state index in [1.54, 1.807) is 25.2 Å². The Labute approximate surface area is 122 Å². The molecule has 0 aliphatic heterocycles. The second-order valence-electron chi connectivity index (χ2n) is 4.45. The van der Waals surface area contributed by atoms with Crippen molar-refractivity contribution < 1.29 is 8.42 Å². The quantitative estimate of drug-likeness (QED) is 0.690. The zero-order valence-electron chi connectivity index (χ0n) is 11.3. The summed E-state index contributed by atoms with van der Waals surface area (Å²) in [5.74, 6) is 0.196. The minimum atomic E-state index is -3.71. The lowest BCUT2D eigenvalue weighted by atomic mass is 10.3. The predicted octanol–water partition coefficient (Wildman–Crippen LogP) is 2.41. The second-order valence-corrected chi connectivity index (χ2v) is 6.11. The number of nitrogens with zero attached hydrogens (tertiary/aromatic N) is 1. The highest BCUT2D eigenvalue weighted by Gasteiger charge is 2.19. The van der Waals surface area contributed by atoms with E-state index in [1.807, 2.05) is 24.3 Å². The van der Waals surface area contributed by atoms with E-state index in [9.17, 15) is 8.42 Å². The van der Waals surface area contributed by atoms with Gasteiger partial charge >= 0.3 is 0 Å². The highest BCUT2D eigenvalue weighted by Crippen LogP contribution is 2.23. The van der Waals surface area contributed by atoms with Crippen molar-refractivity contribution in [2.24, 2.45) is 0 Å². The SMILES string of the molecule is CNc1ccccc1S(=O)(=O)Nc1nc2ccccc2[nH]1. The van der Waals surface area contributed by atoms with Crippen LogP contribution in [0.2, 0.25) is 0 Å². The molecule has 0 unspecified atom stereocenters. The number of rotatable bonds is 4. The second kappa shape index (κ2) is 5.10. The number of hydrogen-bond donors (Lipinski definition) is 3. The molecule has 108 valence electrons. The maximum absolute atomic E-state index is 12.4. The predicted molar refractivity (Wildman–Crippen MR) is 82.9 cm³/mol. The number of aromatic nitrogens is 2. The highest BCUT2D eigenvalue weighted by molar-refractivity contribution is 7.92. The lowest BCUT2D eigenvalue weighted by Crippen LogP contribution is -2.15. The summed E-state index contributed by atoms with van der Waals surface area (Å²) < 4.78 is 27.4. The zero-order chi connectivity index (χ0) is 14.9. The number of para-hydroxylation sites is 3. The monoisotopic (exact) mass is 302 g/mol. The van der Waals surface area contributed by atoms with Gasteiger partial charge in [-0.15, -0.1) is 0 Å². The van der Waals surface area contributed by atoms with Crippen molar-refractivity contribution >= 4 is 32.7 Å². The number of anilines is 2. The van der Waals surface area contributed by atoms with Gasteiger partial charge in [-0.2, -0.15) is 0 Å². The van der Waals surface area contributed by atoms with E-state index >= 15 is 0 Å². The van der Waals surface area contributed by atoms with Crippen molar-refractivity contribution in [3.63, 3.8) is 0 Å². The van der Waals surface area contributed by atoms with Crippen LogP contribution in [-0.2, 0) is 10.0 Å². The van der Waals surface area contributed by atoms with E-state index in [0.717, 1.165) is 5.52 Å². The van der Waals surface area contributed by atoms with Crippen LogP contribution >= 0.6 is 0 Å². The molecule has 1 aromatic heterocycles. The summed E-state index contributed by atoms with van der Waals surface area (Å²) in [6.45, 7) is 0. The summed E-state index contributed by atoms with van der Waals surface area (Å²) in [4.78, 5) is 7.32. The Balaban J connectivity index is 1.99. The lowest BCUT2D eigenvalue weighted by molar-refractivity contribution is 0.601. The molecule has 3 N–H and O–H groups in total. The number of H-pyrrole nitrogens is 1. The first-order chi connectivity index (χ1) is 10.1. The molecule has 2 aromatic carbocycles. The van der Waals surface area contributed by atoms with Gasteiger partial charge in [-0.05, 0) is 24.3 Å². The molecule has 0 radical (unpaired) electrons. The van der Waals surface area contributed by atoms with Gasteiger partial charge < -0.3 is 10.3 Å². The molecule has 6 nitrogen and oxygen atoms in total. The van der Waals surface area contributed by atoms with Crippen molar-refractivity contribution in [1.29, 1.82) is 0 Å². The molecule has 7 heteroatoms. The van der Waals surface area contributed by atoms with Crippen LogP contribution in [0, 0.1) is 0 Å². The summed E-state index contributed by atoms with van der Waals surface area (Å²) in [5.41, 5.74) is 2.01. The molecule has 3 aromatic rings. The molecule has 0 spiro atoms. The van der Waals surface area contributed by atoms with Crippen molar-refractivity contribution in [1.82, 2.24) is 9.97 Å². The fourth-order valence-electron chi connectivity index (χ4n) is 2.09.